The molecule has 164 valence electrons. The van der Waals surface area contributed by atoms with Gasteiger partial charge in [0.25, 0.3) is 5.24 Å². The van der Waals surface area contributed by atoms with Gasteiger partial charge in [0.1, 0.15) is 23.3 Å². The average molecular weight is 432 g/mol. The number of amides is 3. The molecular formula is C18H28N2O8S. The van der Waals surface area contributed by atoms with Crippen molar-refractivity contribution in [2.45, 2.75) is 77.7 Å². The molecule has 3 amide bonds. The highest BCUT2D eigenvalue weighted by Crippen LogP contribution is 2.25. The van der Waals surface area contributed by atoms with E-state index in [2.05, 4.69) is 5.32 Å². The number of aliphatic carboxylic acids is 1. The van der Waals surface area contributed by atoms with E-state index in [0.717, 1.165) is 11.8 Å². The predicted molar refractivity (Wildman–Crippen MR) is 104 cm³/mol. The zero-order chi connectivity index (χ0) is 22.6. The normalized spacial score (nSPS) is 18.2. The van der Waals surface area contributed by atoms with Crippen LogP contribution in [0.3, 0.4) is 0 Å². The van der Waals surface area contributed by atoms with E-state index in [0.29, 0.717) is 4.90 Å². The Morgan fingerprint density at radius 1 is 1.14 bits per heavy atom. The van der Waals surface area contributed by atoms with Crippen molar-refractivity contribution in [3.05, 3.63) is 0 Å². The minimum Gasteiger partial charge on any atom is -0.480 e. The Morgan fingerprint density at radius 2 is 1.69 bits per heavy atom. The molecule has 1 heterocycles. The van der Waals surface area contributed by atoms with Crippen molar-refractivity contribution < 1.29 is 38.6 Å². The van der Waals surface area contributed by atoms with Gasteiger partial charge in [0.15, 0.2) is 0 Å². The summed E-state index contributed by atoms with van der Waals surface area (Å²) < 4.78 is 10.4. The van der Waals surface area contributed by atoms with Crippen LogP contribution in [-0.2, 0) is 23.9 Å². The molecule has 2 atom stereocenters. The van der Waals surface area contributed by atoms with Gasteiger partial charge in [-0.25, -0.2) is 14.4 Å². The molecule has 0 aliphatic carbocycles. The standard InChI is InChI=1S/C18H28N2O8S/c1-17(2,3)27-14(24)10(19-15(25)28-18(4,5)6)7-8-12(21)20-11(13(22)23)9-29-16(20)26/h10-11H,7-9H2,1-6H3,(H,19,25)(H,22,23)/t10-,11-/m0/s1. The number of carboxylic acids is 1. The summed E-state index contributed by atoms with van der Waals surface area (Å²) >= 11 is 0.740. The summed E-state index contributed by atoms with van der Waals surface area (Å²) in [5.41, 5.74) is -1.63. The van der Waals surface area contributed by atoms with Crippen LogP contribution in [-0.4, -0.2) is 68.2 Å². The molecule has 1 aliphatic heterocycles. The highest BCUT2D eigenvalue weighted by Gasteiger charge is 2.41. The third kappa shape index (κ3) is 8.30. The molecule has 0 aromatic rings. The lowest BCUT2D eigenvalue weighted by Gasteiger charge is -2.26. The molecule has 2 N–H and O–H groups in total. The SMILES string of the molecule is CC(C)(C)OC(=O)N[C@@H](CCC(=O)N1C(=O)SC[C@H]1C(=O)O)C(=O)OC(C)(C)C. The maximum Gasteiger partial charge on any atom is 0.408 e. The molecule has 0 bridgehead atoms. The summed E-state index contributed by atoms with van der Waals surface area (Å²) in [5, 5.41) is 10.9. The first-order chi connectivity index (χ1) is 13.1. The van der Waals surface area contributed by atoms with E-state index >= 15 is 0 Å². The van der Waals surface area contributed by atoms with Gasteiger partial charge in [-0.3, -0.25) is 14.5 Å². The van der Waals surface area contributed by atoms with Gasteiger partial charge in [-0.2, -0.15) is 0 Å². The van der Waals surface area contributed by atoms with Crippen LogP contribution >= 0.6 is 11.8 Å². The second-order valence-electron chi connectivity index (χ2n) is 8.47. The van der Waals surface area contributed by atoms with Crippen LogP contribution in [0.15, 0.2) is 0 Å². The van der Waals surface area contributed by atoms with E-state index in [4.69, 9.17) is 14.6 Å². The molecule has 0 aromatic heterocycles. The molecule has 0 saturated carbocycles. The van der Waals surface area contributed by atoms with Crippen molar-refractivity contribution in [1.29, 1.82) is 0 Å². The molecule has 29 heavy (non-hydrogen) atoms. The topological polar surface area (TPSA) is 139 Å². The van der Waals surface area contributed by atoms with Crippen LogP contribution in [0, 0.1) is 0 Å². The summed E-state index contributed by atoms with van der Waals surface area (Å²) in [7, 11) is 0. The summed E-state index contributed by atoms with van der Waals surface area (Å²) in [6, 6.07) is -2.46. The number of imide groups is 1. The lowest BCUT2D eigenvalue weighted by molar-refractivity contribution is -0.158. The molecule has 0 aromatic carbocycles. The first-order valence-corrected chi connectivity index (χ1v) is 10.0. The Hall–Kier alpha value is -2.30. The van der Waals surface area contributed by atoms with Crippen LogP contribution in [0.1, 0.15) is 54.4 Å². The molecule has 1 rings (SSSR count). The third-order valence-corrected chi connectivity index (χ3v) is 4.38. The number of carbonyl (C=O) groups is 5. The van der Waals surface area contributed by atoms with Gasteiger partial charge in [-0.1, -0.05) is 11.8 Å². The van der Waals surface area contributed by atoms with Crippen LogP contribution in [0.5, 0.6) is 0 Å². The number of nitrogens with one attached hydrogen (secondary N) is 1. The zero-order valence-electron chi connectivity index (χ0n) is 17.4. The number of nitrogens with zero attached hydrogens (tertiary/aromatic N) is 1. The Kier molecular flexibility index (Phi) is 8.07. The second-order valence-corrected chi connectivity index (χ2v) is 9.44. The monoisotopic (exact) mass is 432 g/mol. The number of carboxylic acid groups (broad SMARTS) is 1. The van der Waals surface area contributed by atoms with Gasteiger partial charge >= 0.3 is 18.0 Å². The number of rotatable bonds is 6. The molecule has 1 saturated heterocycles. The minimum absolute atomic E-state index is 0.0362. The third-order valence-electron chi connectivity index (χ3n) is 3.46. The fraction of sp³-hybridized carbons (Fsp3) is 0.722. The summed E-state index contributed by atoms with van der Waals surface area (Å²) in [5.74, 6) is -2.83. The van der Waals surface area contributed by atoms with Crippen molar-refractivity contribution in [2.24, 2.45) is 0 Å². The van der Waals surface area contributed by atoms with Crippen molar-refractivity contribution in [2.75, 3.05) is 5.75 Å². The lowest BCUT2D eigenvalue weighted by Crippen LogP contribution is -2.47. The van der Waals surface area contributed by atoms with Gasteiger partial charge in [0, 0.05) is 12.2 Å². The van der Waals surface area contributed by atoms with Gasteiger partial charge in [-0.15, -0.1) is 0 Å². The van der Waals surface area contributed by atoms with Crippen LogP contribution in [0.25, 0.3) is 0 Å². The van der Waals surface area contributed by atoms with Crippen LogP contribution in [0.4, 0.5) is 9.59 Å². The largest absolute Gasteiger partial charge is 0.480 e. The van der Waals surface area contributed by atoms with E-state index in [-0.39, 0.29) is 18.6 Å². The number of alkyl carbamates (subject to hydrolysis) is 1. The van der Waals surface area contributed by atoms with Crippen LogP contribution in [0.2, 0.25) is 0 Å². The number of hydrogen-bond acceptors (Lipinski definition) is 8. The Labute approximate surface area is 173 Å². The van der Waals surface area contributed by atoms with Crippen molar-refractivity contribution >= 4 is 40.9 Å². The van der Waals surface area contributed by atoms with Crippen LogP contribution < -0.4 is 5.32 Å². The molecule has 1 fully saturated rings. The van der Waals surface area contributed by atoms with Crippen molar-refractivity contribution in [3.63, 3.8) is 0 Å². The fourth-order valence-electron chi connectivity index (χ4n) is 2.34. The number of hydrogen-bond donors (Lipinski definition) is 2. The van der Waals surface area contributed by atoms with Crippen molar-refractivity contribution in [1.82, 2.24) is 10.2 Å². The number of esters is 1. The highest BCUT2D eigenvalue weighted by molar-refractivity contribution is 8.14. The van der Waals surface area contributed by atoms with E-state index in [9.17, 15) is 24.0 Å². The van der Waals surface area contributed by atoms with E-state index < -0.39 is 52.5 Å². The van der Waals surface area contributed by atoms with E-state index in [1.165, 1.54) is 0 Å². The molecule has 10 nitrogen and oxygen atoms in total. The predicted octanol–water partition coefficient (Wildman–Crippen LogP) is 2.15. The van der Waals surface area contributed by atoms with E-state index in [1.807, 2.05) is 0 Å². The minimum atomic E-state index is -1.28. The molecular weight excluding hydrogens is 404 g/mol. The van der Waals surface area contributed by atoms with Gasteiger partial charge < -0.3 is 19.9 Å². The summed E-state index contributed by atoms with van der Waals surface area (Å²) in [6.07, 6.45) is -1.39. The molecule has 11 heteroatoms. The molecule has 1 aliphatic rings. The highest BCUT2D eigenvalue weighted by atomic mass is 32.2. The van der Waals surface area contributed by atoms with Gasteiger partial charge in [-0.05, 0) is 48.0 Å². The fourth-order valence-corrected chi connectivity index (χ4v) is 3.30. The molecule has 0 unspecified atom stereocenters. The first kappa shape index (κ1) is 24.7. The van der Waals surface area contributed by atoms with E-state index in [1.54, 1.807) is 41.5 Å². The van der Waals surface area contributed by atoms with Gasteiger partial charge in [0.2, 0.25) is 5.91 Å². The molecule has 0 spiro atoms. The number of carbonyl (C=O) groups excluding carboxylic acids is 4. The maximum absolute atomic E-state index is 12.4. The second kappa shape index (κ2) is 9.47. The summed E-state index contributed by atoms with van der Waals surface area (Å²) in [6.45, 7) is 9.92. The smallest absolute Gasteiger partial charge is 0.408 e. The Morgan fingerprint density at radius 3 is 2.17 bits per heavy atom. The average Bonchev–Trinajstić information content (AvgIpc) is 2.89. The van der Waals surface area contributed by atoms with Gasteiger partial charge in [0.05, 0.1) is 0 Å². The maximum atomic E-state index is 12.4. The number of thioether (sulfide) groups is 1. The number of ether oxygens (including phenoxy) is 2. The quantitative estimate of drug-likeness (QED) is 0.604. The Balaban J connectivity index is 2.86. The van der Waals surface area contributed by atoms with Crippen molar-refractivity contribution in [3.8, 4) is 0 Å². The Bertz CT molecular complexity index is 680. The zero-order valence-corrected chi connectivity index (χ0v) is 18.3. The lowest BCUT2D eigenvalue weighted by atomic mass is 10.1. The summed E-state index contributed by atoms with van der Waals surface area (Å²) in [4.78, 5) is 60.7. The first-order valence-electron chi connectivity index (χ1n) is 9.05. The molecule has 0 radical (unpaired) electrons.